The summed E-state index contributed by atoms with van der Waals surface area (Å²) in [5.74, 6) is -0.715. The van der Waals surface area contributed by atoms with Crippen LogP contribution in [0.3, 0.4) is 0 Å². The minimum Gasteiger partial charge on any atom is -0.481 e. The van der Waals surface area contributed by atoms with Crippen molar-refractivity contribution in [1.29, 1.82) is 0 Å². The van der Waals surface area contributed by atoms with E-state index < -0.39 is 5.97 Å². The van der Waals surface area contributed by atoms with Crippen molar-refractivity contribution in [2.24, 2.45) is 0 Å². The molecule has 5 heteroatoms. The van der Waals surface area contributed by atoms with Crippen LogP contribution < -0.4 is 0 Å². The number of hydrogen-bond acceptors (Lipinski definition) is 3. The van der Waals surface area contributed by atoms with Gasteiger partial charge in [-0.1, -0.05) is 0 Å². The number of amides is 1. The Balaban J connectivity index is 2.12. The zero-order valence-electron chi connectivity index (χ0n) is 12.0. The summed E-state index contributed by atoms with van der Waals surface area (Å²) in [6, 6.07) is 2.03. The number of hydrogen-bond donors (Lipinski definition) is 1. The van der Waals surface area contributed by atoms with E-state index in [-0.39, 0.29) is 18.4 Å². The van der Waals surface area contributed by atoms with Gasteiger partial charge in [-0.3, -0.25) is 9.59 Å². The maximum Gasteiger partial charge on any atom is 0.303 e. The van der Waals surface area contributed by atoms with Crippen LogP contribution in [0.25, 0.3) is 0 Å². The van der Waals surface area contributed by atoms with Gasteiger partial charge in [-0.05, 0) is 45.6 Å². The molecule has 1 N–H and O–H groups in total. The highest BCUT2D eigenvalue weighted by molar-refractivity contribution is 7.12. The summed E-state index contributed by atoms with van der Waals surface area (Å²) >= 11 is 1.64. The van der Waals surface area contributed by atoms with Crippen LogP contribution in [0.15, 0.2) is 6.07 Å². The molecule has 2 heterocycles. The number of carbonyl (C=O) groups is 2. The van der Waals surface area contributed by atoms with Crippen molar-refractivity contribution in [2.75, 3.05) is 6.54 Å². The lowest BCUT2D eigenvalue weighted by atomic mass is 9.97. The highest BCUT2D eigenvalue weighted by Crippen LogP contribution is 2.27. The fourth-order valence-electron chi connectivity index (χ4n) is 2.86. The average molecular weight is 295 g/mol. The molecule has 1 fully saturated rings. The Morgan fingerprint density at radius 1 is 1.40 bits per heavy atom. The predicted octanol–water partition coefficient (Wildman–Crippen LogP) is 3.22. The molecule has 0 unspecified atom stereocenters. The topological polar surface area (TPSA) is 57.6 Å². The predicted molar refractivity (Wildman–Crippen MR) is 79.3 cm³/mol. The van der Waals surface area contributed by atoms with E-state index in [1.54, 1.807) is 11.3 Å². The minimum atomic E-state index is -0.787. The normalized spacial score (nSPS) is 19.1. The van der Waals surface area contributed by atoms with Gasteiger partial charge in [-0.2, -0.15) is 0 Å². The molecule has 1 amide bonds. The Labute approximate surface area is 123 Å². The van der Waals surface area contributed by atoms with Crippen LogP contribution in [0.4, 0.5) is 0 Å². The summed E-state index contributed by atoms with van der Waals surface area (Å²) < 4.78 is 0. The van der Waals surface area contributed by atoms with E-state index in [0.29, 0.717) is 6.42 Å². The third-order valence-corrected chi connectivity index (χ3v) is 4.82. The smallest absolute Gasteiger partial charge is 0.303 e. The maximum atomic E-state index is 12.7. The maximum absolute atomic E-state index is 12.7. The number of piperidine rings is 1. The van der Waals surface area contributed by atoms with Gasteiger partial charge in [0, 0.05) is 28.8 Å². The lowest BCUT2D eigenvalue weighted by Crippen LogP contribution is -2.44. The quantitative estimate of drug-likeness (QED) is 0.928. The van der Waals surface area contributed by atoms with Crippen molar-refractivity contribution in [3.05, 3.63) is 21.4 Å². The molecule has 0 aliphatic carbocycles. The van der Waals surface area contributed by atoms with Gasteiger partial charge in [0.05, 0.1) is 5.56 Å². The van der Waals surface area contributed by atoms with E-state index in [1.807, 2.05) is 24.8 Å². The standard InChI is InChI=1S/C15H21NO3S/c1-10-9-13(11(2)20-10)15(19)16-8-4-3-5-12(16)6-7-14(17)18/h9,12H,3-8H2,1-2H3,(H,17,18)/t12-/m0/s1. The van der Waals surface area contributed by atoms with E-state index in [4.69, 9.17) is 5.11 Å². The Morgan fingerprint density at radius 2 is 2.15 bits per heavy atom. The van der Waals surface area contributed by atoms with Crippen LogP contribution in [0.5, 0.6) is 0 Å². The Morgan fingerprint density at radius 3 is 2.75 bits per heavy atom. The fraction of sp³-hybridized carbons (Fsp3) is 0.600. The van der Waals surface area contributed by atoms with Gasteiger partial charge in [-0.25, -0.2) is 0 Å². The molecule has 2 rings (SSSR count). The van der Waals surface area contributed by atoms with Crippen molar-refractivity contribution in [3.63, 3.8) is 0 Å². The summed E-state index contributed by atoms with van der Waals surface area (Å²) in [5.41, 5.74) is 0.787. The Bertz CT molecular complexity index is 509. The van der Waals surface area contributed by atoms with E-state index >= 15 is 0 Å². The van der Waals surface area contributed by atoms with Crippen molar-refractivity contribution >= 4 is 23.2 Å². The molecule has 4 nitrogen and oxygen atoms in total. The molecule has 1 aliphatic heterocycles. The first-order valence-electron chi connectivity index (χ1n) is 7.09. The van der Waals surface area contributed by atoms with E-state index in [2.05, 4.69) is 0 Å². The van der Waals surface area contributed by atoms with Crippen molar-refractivity contribution in [3.8, 4) is 0 Å². The molecule has 0 aromatic carbocycles. The Hall–Kier alpha value is -1.36. The molecule has 0 saturated carbocycles. The first kappa shape index (κ1) is 15.0. The van der Waals surface area contributed by atoms with Crippen LogP contribution in [-0.4, -0.2) is 34.5 Å². The summed E-state index contributed by atoms with van der Waals surface area (Å²) in [4.78, 5) is 27.5. The lowest BCUT2D eigenvalue weighted by molar-refractivity contribution is -0.137. The molecule has 0 spiro atoms. The summed E-state index contributed by atoms with van der Waals surface area (Å²) in [7, 11) is 0. The number of aliphatic carboxylic acids is 1. The second-order valence-corrected chi connectivity index (χ2v) is 6.87. The number of rotatable bonds is 4. The number of aryl methyl sites for hydroxylation is 2. The van der Waals surface area contributed by atoms with Gasteiger partial charge in [-0.15, -0.1) is 11.3 Å². The van der Waals surface area contributed by atoms with E-state index in [1.165, 1.54) is 0 Å². The summed E-state index contributed by atoms with van der Waals surface area (Å²) in [6.45, 7) is 4.73. The molecule has 1 aliphatic rings. The highest BCUT2D eigenvalue weighted by atomic mass is 32.1. The van der Waals surface area contributed by atoms with Crippen LogP contribution in [0.2, 0.25) is 0 Å². The van der Waals surface area contributed by atoms with Crippen molar-refractivity contribution in [2.45, 2.75) is 52.0 Å². The van der Waals surface area contributed by atoms with Gasteiger partial charge in [0.1, 0.15) is 0 Å². The molecule has 110 valence electrons. The first-order chi connectivity index (χ1) is 9.49. The summed E-state index contributed by atoms with van der Waals surface area (Å²) in [5, 5.41) is 8.83. The van der Waals surface area contributed by atoms with Crippen molar-refractivity contribution in [1.82, 2.24) is 4.90 Å². The van der Waals surface area contributed by atoms with Crippen LogP contribution >= 0.6 is 11.3 Å². The average Bonchev–Trinajstić information content (AvgIpc) is 2.75. The Kier molecular flexibility index (Phi) is 4.81. The van der Waals surface area contributed by atoms with Crippen LogP contribution in [-0.2, 0) is 4.79 Å². The van der Waals surface area contributed by atoms with Gasteiger partial charge in [0.15, 0.2) is 0 Å². The molecular formula is C15H21NO3S. The summed E-state index contributed by atoms with van der Waals surface area (Å²) in [6.07, 6.45) is 3.70. The van der Waals surface area contributed by atoms with Gasteiger partial charge >= 0.3 is 5.97 Å². The van der Waals surface area contributed by atoms with Crippen molar-refractivity contribution < 1.29 is 14.7 Å². The number of nitrogens with zero attached hydrogens (tertiary/aromatic N) is 1. The van der Waals surface area contributed by atoms with Crippen LogP contribution in [0.1, 0.15) is 52.2 Å². The van der Waals surface area contributed by atoms with E-state index in [0.717, 1.165) is 41.1 Å². The molecule has 1 saturated heterocycles. The fourth-order valence-corrected chi connectivity index (χ4v) is 3.77. The number of carboxylic acid groups (broad SMARTS) is 1. The second kappa shape index (κ2) is 6.39. The monoisotopic (exact) mass is 295 g/mol. The first-order valence-corrected chi connectivity index (χ1v) is 7.90. The van der Waals surface area contributed by atoms with E-state index in [9.17, 15) is 9.59 Å². The third kappa shape index (κ3) is 3.39. The SMILES string of the molecule is Cc1cc(C(=O)N2CCCC[C@H]2CCC(=O)O)c(C)s1. The number of carboxylic acids is 1. The largest absolute Gasteiger partial charge is 0.481 e. The molecule has 0 radical (unpaired) electrons. The molecule has 1 atom stereocenters. The highest BCUT2D eigenvalue weighted by Gasteiger charge is 2.29. The van der Waals surface area contributed by atoms with Gasteiger partial charge < -0.3 is 10.0 Å². The second-order valence-electron chi connectivity index (χ2n) is 5.41. The molecular weight excluding hydrogens is 274 g/mol. The van der Waals surface area contributed by atoms with Gasteiger partial charge in [0.25, 0.3) is 5.91 Å². The molecule has 20 heavy (non-hydrogen) atoms. The molecule has 0 bridgehead atoms. The number of likely N-dealkylation sites (tertiary alicyclic amines) is 1. The zero-order valence-corrected chi connectivity index (χ0v) is 12.8. The third-order valence-electron chi connectivity index (χ3n) is 3.85. The zero-order chi connectivity index (χ0) is 14.7. The molecule has 1 aromatic rings. The van der Waals surface area contributed by atoms with Gasteiger partial charge in [0.2, 0.25) is 0 Å². The lowest BCUT2D eigenvalue weighted by Gasteiger charge is -2.35. The number of carbonyl (C=O) groups excluding carboxylic acids is 1. The van der Waals surface area contributed by atoms with Crippen LogP contribution in [0, 0.1) is 13.8 Å². The molecule has 1 aromatic heterocycles. The minimum absolute atomic E-state index is 0.0712. The number of thiophene rings is 1.